The summed E-state index contributed by atoms with van der Waals surface area (Å²) in [5.41, 5.74) is 6.63. The SMILES string of the molecule is COc1ccc(CCC(=O)NC(CN)C2CC2)c(OC)c1OC. The molecule has 0 heterocycles. The number of nitrogens with two attached hydrogens (primary N) is 1. The van der Waals surface area contributed by atoms with Gasteiger partial charge in [-0.25, -0.2) is 0 Å². The fourth-order valence-corrected chi connectivity index (χ4v) is 2.76. The van der Waals surface area contributed by atoms with Gasteiger partial charge >= 0.3 is 0 Å². The topological polar surface area (TPSA) is 82.8 Å². The highest BCUT2D eigenvalue weighted by Crippen LogP contribution is 2.40. The van der Waals surface area contributed by atoms with Crippen LogP contribution in [0.1, 0.15) is 24.8 Å². The molecule has 6 heteroatoms. The third-order valence-electron chi connectivity index (χ3n) is 4.20. The van der Waals surface area contributed by atoms with E-state index in [1.54, 1.807) is 21.3 Å². The Hall–Kier alpha value is -1.95. The summed E-state index contributed by atoms with van der Waals surface area (Å²) < 4.78 is 16.1. The van der Waals surface area contributed by atoms with Gasteiger partial charge in [-0.1, -0.05) is 6.07 Å². The minimum atomic E-state index is 0.0178. The smallest absolute Gasteiger partial charge is 0.220 e. The molecule has 1 unspecified atom stereocenters. The van der Waals surface area contributed by atoms with E-state index in [0.29, 0.717) is 42.6 Å². The zero-order valence-electron chi connectivity index (χ0n) is 14.1. The van der Waals surface area contributed by atoms with Crippen LogP contribution in [-0.2, 0) is 11.2 Å². The van der Waals surface area contributed by atoms with E-state index in [-0.39, 0.29) is 11.9 Å². The summed E-state index contributed by atoms with van der Waals surface area (Å²) in [6.07, 6.45) is 3.27. The normalized spacial score (nSPS) is 15.0. The minimum Gasteiger partial charge on any atom is -0.493 e. The van der Waals surface area contributed by atoms with Gasteiger partial charge in [0.05, 0.1) is 21.3 Å². The number of hydrogen-bond donors (Lipinski definition) is 2. The predicted octanol–water partition coefficient (Wildman–Crippen LogP) is 1.50. The Labute approximate surface area is 137 Å². The van der Waals surface area contributed by atoms with Gasteiger partial charge in [0.2, 0.25) is 11.7 Å². The number of carbonyl (C=O) groups excluding carboxylic acids is 1. The third kappa shape index (κ3) is 4.28. The van der Waals surface area contributed by atoms with Crippen molar-refractivity contribution in [1.29, 1.82) is 0 Å². The lowest BCUT2D eigenvalue weighted by atomic mass is 10.1. The fraction of sp³-hybridized carbons (Fsp3) is 0.588. The lowest BCUT2D eigenvalue weighted by molar-refractivity contribution is -0.121. The number of nitrogens with one attached hydrogen (secondary N) is 1. The van der Waals surface area contributed by atoms with Crippen molar-refractivity contribution in [3.05, 3.63) is 17.7 Å². The Morgan fingerprint density at radius 1 is 1.22 bits per heavy atom. The van der Waals surface area contributed by atoms with Gasteiger partial charge in [-0.15, -0.1) is 0 Å². The number of methoxy groups -OCH3 is 3. The molecule has 1 aliphatic rings. The van der Waals surface area contributed by atoms with Crippen LogP contribution < -0.4 is 25.3 Å². The molecule has 6 nitrogen and oxygen atoms in total. The van der Waals surface area contributed by atoms with Crippen molar-refractivity contribution in [2.75, 3.05) is 27.9 Å². The van der Waals surface area contributed by atoms with Crippen LogP contribution in [-0.4, -0.2) is 39.8 Å². The van der Waals surface area contributed by atoms with Crippen LogP contribution in [0.2, 0.25) is 0 Å². The van der Waals surface area contributed by atoms with Gasteiger partial charge in [0, 0.05) is 19.0 Å². The van der Waals surface area contributed by atoms with E-state index in [1.807, 2.05) is 12.1 Å². The van der Waals surface area contributed by atoms with E-state index in [0.717, 1.165) is 18.4 Å². The summed E-state index contributed by atoms with van der Waals surface area (Å²) >= 11 is 0. The lowest BCUT2D eigenvalue weighted by Gasteiger charge is -2.17. The number of hydrogen-bond acceptors (Lipinski definition) is 5. The van der Waals surface area contributed by atoms with E-state index in [9.17, 15) is 4.79 Å². The largest absolute Gasteiger partial charge is 0.493 e. The third-order valence-corrected chi connectivity index (χ3v) is 4.20. The van der Waals surface area contributed by atoms with E-state index >= 15 is 0 Å². The van der Waals surface area contributed by atoms with Crippen molar-refractivity contribution in [3.63, 3.8) is 0 Å². The second-order valence-corrected chi connectivity index (χ2v) is 5.74. The van der Waals surface area contributed by atoms with Crippen molar-refractivity contribution in [2.45, 2.75) is 31.7 Å². The van der Waals surface area contributed by atoms with Crippen LogP contribution in [0.15, 0.2) is 12.1 Å². The summed E-state index contributed by atoms with van der Waals surface area (Å²) in [5, 5.41) is 3.03. The van der Waals surface area contributed by atoms with E-state index < -0.39 is 0 Å². The highest BCUT2D eigenvalue weighted by atomic mass is 16.5. The Morgan fingerprint density at radius 2 is 1.91 bits per heavy atom. The average Bonchev–Trinajstić information content (AvgIpc) is 3.41. The Bertz CT molecular complexity index is 544. The van der Waals surface area contributed by atoms with Crippen LogP contribution >= 0.6 is 0 Å². The molecule has 3 N–H and O–H groups in total. The molecule has 0 bridgehead atoms. The maximum atomic E-state index is 12.1. The molecule has 23 heavy (non-hydrogen) atoms. The molecule has 0 spiro atoms. The second-order valence-electron chi connectivity index (χ2n) is 5.74. The number of amides is 1. The van der Waals surface area contributed by atoms with Crippen molar-refractivity contribution in [2.24, 2.45) is 11.7 Å². The number of benzene rings is 1. The van der Waals surface area contributed by atoms with Crippen LogP contribution in [0.25, 0.3) is 0 Å². The first-order valence-corrected chi connectivity index (χ1v) is 7.91. The number of carbonyl (C=O) groups is 1. The van der Waals surface area contributed by atoms with E-state index in [1.165, 1.54) is 0 Å². The molecule has 1 aromatic carbocycles. The molecule has 128 valence electrons. The molecule has 0 radical (unpaired) electrons. The van der Waals surface area contributed by atoms with Crippen molar-refractivity contribution in [3.8, 4) is 17.2 Å². The van der Waals surface area contributed by atoms with E-state index in [4.69, 9.17) is 19.9 Å². The van der Waals surface area contributed by atoms with Gasteiger partial charge < -0.3 is 25.3 Å². The number of ether oxygens (including phenoxy) is 3. The van der Waals surface area contributed by atoms with Crippen LogP contribution in [0.5, 0.6) is 17.2 Å². The van der Waals surface area contributed by atoms with E-state index in [2.05, 4.69) is 5.32 Å². The highest BCUT2D eigenvalue weighted by Gasteiger charge is 2.31. The summed E-state index contributed by atoms with van der Waals surface area (Å²) in [6, 6.07) is 3.82. The van der Waals surface area contributed by atoms with Crippen LogP contribution in [0.4, 0.5) is 0 Å². The zero-order chi connectivity index (χ0) is 16.8. The Balaban J connectivity index is 2.00. The molecule has 0 saturated heterocycles. The Kier molecular flexibility index (Phi) is 6.10. The van der Waals surface area contributed by atoms with Crippen molar-refractivity contribution < 1.29 is 19.0 Å². The Morgan fingerprint density at radius 3 is 2.43 bits per heavy atom. The molecule has 1 fully saturated rings. The second kappa shape index (κ2) is 8.06. The average molecular weight is 322 g/mol. The van der Waals surface area contributed by atoms with Gasteiger partial charge in [-0.2, -0.15) is 0 Å². The zero-order valence-corrected chi connectivity index (χ0v) is 14.1. The standard InChI is InChI=1S/C17H26N2O4/c1-21-14-8-6-12(16(22-2)17(14)23-3)7-9-15(20)19-13(10-18)11-4-5-11/h6,8,11,13H,4-5,7,9-10,18H2,1-3H3,(H,19,20). The quantitative estimate of drug-likeness (QED) is 0.720. The van der Waals surface area contributed by atoms with Gasteiger partial charge in [-0.05, 0) is 36.8 Å². The first-order valence-electron chi connectivity index (χ1n) is 7.91. The first kappa shape index (κ1) is 17.4. The molecule has 1 atom stereocenters. The molecule has 1 aliphatic carbocycles. The first-order chi connectivity index (χ1) is 11.1. The van der Waals surface area contributed by atoms with Gasteiger partial charge in [0.15, 0.2) is 11.5 Å². The molecule has 0 aliphatic heterocycles. The summed E-state index contributed by atoms with van der Waals surface area (Å²) in [6.45, 7) is 0.496. The fourth-order valence-electron chi connectivity index (χ4n) is 2.76. The highest BCUT2D eigenvalue weighted by molar-refractivity contribution is 5.77. The van der Waals surface area contributed by atoms with Crippen molar-refractivity contribution >= 4 is 5.91 Å². The monoisotopic (exact) mass is 322 g/mol. The molecule has 1 saturated carbocycles. The lowest BCUT2D eigenvalue weighted by Crippen LogP contribution is -2.41. The van der Waals surface area contributed by atoms with Crippen molar-refractivity contribution in [1.82, 2.24) is 5.32 Å². The van der Waals surface area contributed by atoms with Gasteiger partial charge in [-0.3, -0.25) is 4.79 Å². The summed E-state index contributed by atoms with van der Waals surface area (Å²) in [4.78, 5) is 12.1. The summed E-state index contributed by atoms with van der Waals surface area (Å²) in [5.74, 6) is 2.33. The maximum Gasteiger partial charge on any atom is 0.220 e. The molecule has 1 amide bonds. The predicted molar refractivity (Wildman–Crippen MR) is 88.1 cm³/mol. The molecule has 0 aromatic heterocycles. The summed E-state index contributed by atoms with van der Waals surface area (Å²) in [7, 11) is 4.73. The molecular formula is C17H26N2O4. The van der Waals surface area contributed by atoms with Gasteiger partial charge in [0.1, 0.15) is 0 Å². The molecular weight excluding hydrogens is 296 g/mol. The van der Waals surface area contributed by atoms with Crippen LogP contribution in [0.3, 0.4) is 0 Å². The number of aryl methyl sites for hydroxylation is 1. The van der Waals surface area contributed by atoms with Gasteiger partial charge in [0.25, 0.3) is 0 Å². The molecule has 2 rings (SSSR count). The number of rotatable bonds is 9. The maximum absolute atomic E-state index is 12.1. The minimum absolute atomic E-state index is 0.0178. The molecule has 1 aromatic rings. The van der Waals surface area contributed by atoms with Crippen LogP contribution in [0, 0.1) is 5.92 Å².